The second-order valence-electron chi connectivity index (χ2n) is 6.89. The first kappa shape index (κ1) is 19.7. The average molecular weight is 368 g/mol. The maximum atomic E-state index is 13.2. The molecule has 1 N–H and O–H groups in total. The lowest BCUT2D eigenvalue weighted by molar-refractivity contribution is 0.0953. The predicted molar refractivity (Wildman–Crippen MR) is 97.3 cm³/mol. The Labute approximate surface area is 150 Å². The Balaban J connectivity index is 2.39. The van der Waals surface area contributed by atoms with E-state index >= 15 is 0 Å². The van der Waals surface area contributed by atoms with Gasteiger partial charge in [-0.1, -0.05) is 20.8 Å². The minimum atomic E-state index is -3.72. The Morgan fingerprint density at radius 1 is 1.28 bits per heavy atom. The Morgan fingerprint density at radius 3 is 2.48 bits per heavy atom. The molecule has 2 rings (SSSR count). The fourth-order valence-electron chi connectivity index (χ4n) is 3.30. The lowest BCUT2D eigenvalue weighted by Crippen LogP contribution is -2.42. The van der Waals surface area contributed by atoms with Crippen molar-refractivity contribution >= 4 is 15.9 Å². The second kappa shape index (κ2) is 8.19. The molecule has 0 bridgehead atoms. The van der Waals surface area contributed by atoms with Crippen molar-refractivity contribution in [2.45, 2.75) is 38.5 Å². The number of methoxy groups -OCH3 is 1. The summed E-state index contributed by atoms with van der Waals surface area (Å²) in [6.45, 7) is 7.61. The van der Waals surface area contributed by atoms with E-state index in [1.165, 1.54) is 17.5 Å². The largest absolute Gasteiger partial charge is 0.495 e. The molecule has 7 heteroatoms. The van der Waals surface area contributed by atoms with Gasteiger partial charge in [-0.2, -0.15) is 4.31 Å². The molecule has 0 radical (unpaired) electrons. The van der Waals surface area contributed by atoms with Crippen molar-refractivity contribution < 1.29 is 17.9 Å². The number of piperidine rings is 1. The zero-order valence-corrected chi connectivity index (χ0v) is 16.2. The molecule has 1 amide bonds. The van der Waals surface area contributed by atoms with Crippen molar-refractivity contribution in [2.75, 3.05) is 26.7 Å². The highest BCUT2D eigenvalue weighted by molar-refractivity contribution is 7.89. The SMILES string of the molecule is CCCNC(=O)c1ccc(OC)c(S(=O)(=O)N2CC(C)CC(C)C2)c1. The summed E-state index contributed by atoms with van der Waals surface area (Å²) >= 11 is 0. The van der Waals surface area contributed by atoms with Gasteiger partial charge in [-0.15, -0.1) is 0 Å². The fourth-order valence-corrected chi connectivity index (χ4v) is 5.16. The van der Waals surface area contributed by atoms with Crippen molar-refractivity contribution in [3.63, 3.8) is 0 Å². The number of hydrogen-bond acceptors (Lipinski definition) is 4. The third-order valence-corrected chi connectivity index (χ3v) is 6.27. The van der Waals surface area contributed by atoms with Gasteiger partial charge in [0, 0.05) is 25.2 Å². The average Bonchev–Trinajstić information content (AvgIpc) is 2.58. The van der Waals surface area contributed by atoms with Crippen LogP contribution in [0, 0.1) is 11.8 Å². The molecule has 1 fully saturated rings. The molecular formula is C18H28N2O4S. The summed E-state index contributed by atoms with van der Waals surface area (Å²) in [7, 11) is -2.28. The van der Waals surface area contributed by atoms with E-state index in [0.717, 1.165) is 12.8 Å². The first-order valence-electron chi connectivity index (χ1n) is 8.76. The van der Waals surface area contributed by atoms with Crippen molar-refractivity contribution in [3.8, 4) is 5.75 Å². The summed E-state index contributed by atoms with van der Waals surface area (Å²) in [5.74, 6) is 0.598. The van der Waals surface area contributed by atoms with E-state index in [2.05, 4.69) is 19.2 Å². The number of sulfonamides is 1. The van der Waals surface area contributed by atoms with E-state index in [-0.39, 0.29) is 16.6 Å². The van der Waals surface area contributed by atoms with Crippen LogP contribution in [0.5, 0.6) is 5.75 Å². The van der Waals surface area contributed by atoms with E-state index in [9.17, 15) is 13.2 Å². The monoisotopic (exact) mass is 368 g/mol. The van der Waals surface area contributed by atoms with Crippen molar-refractivity contribution in [3.05, 3.63) is 23.8 Å². The molecule has 0 aliphatic carbocycles. The normalized spacial score (nSPS) is 21.8. The minimum absolute atomic E-state index is 0.0560. The van der Waals surface area contributed by atoms with Crippen molar-refractivity contribution in [2.24, 2.45) is 11.8 Å². The first-order chi connectivity index (χ1) is 11.8. The number of benzene rings is 1. The van der Waals surface area contributed by atoms with Crippen LogP contribution >= 0.6 is 0 Å². The van der Waals surface area contributed by atoms with E-state index in [4.69, 9.17) is 4.74 Å². The molecule has 0 spiro atoms. The Morgan fingerprint density at radius 2 is 1.92 bits per heavy atom. The lowest BCUT2D eigenvalue weighted by atomic mass is 9.94. The molecule has 140 valence electrons. The summed E-state index contributed by atoms with van der Waals surface area (Å²) in [4.78, 5) is 12.3. The number of carbonyl (C=O) groups excluding carboxylic acids is 1. The molecule has 0 aromatic heterocycles. The molecule has 2 unspecified atom stereocenters. The molecular weight excluding hydrogens is 340 g/mol. The van der Waals surface area contributed by atoms with Crippen LogP contribution in [0.15, 0.2) is 23.1 Å². The number of hydrogen-bond donors (Lipinski definition) is 1. The molecule has 2 atom stereocenters. The number of nitrogens with zero attached hydrogens (tertiary/aromatic N) is 1. The van der Waals surface area contributed by atoms with E-state index < -0.39 is 10.0 Å². The van der Waals surface area contributed by atoms with Gasteiger partial charge >= 0.3 is 0 Å². The lowest BCUT2D eigenvalue weighted by Gasteiger charge is -2.34. The third-order valence-electron chi connectivity index (χ3n) is 4.41. The molecule has 1 aliphatic heterocycles. The van der Waals surface area contributed by atoms with E-state index in [1.807, 2.05) is 6.92 Å². The van der Waals surface area contributed by atoms with Gasteiger partial charge in [0.15, 0.2) is 0 Å². The minimum Gasteiger partial charge on any atom is -0.495 e. The van der Waals surface area contributed by atoms with Crippen LogP contribution in [0.25, 0.3) is 0 Å². The molecule has 6 nitrogen and oxygen atoms in total. The summed E-state index contributed by atoms with van der Waals surface area (Å²) in [6.07, 6.45) is 1.83. The maximum Gasteiger partial charge on any atom is 0.251 e. The summed E-state index contributed by atoms with van der Waals surface area (Å²) in [5.41, 5.74) is 0.325. The molecule has 25 heavy (non-hydrogen) atoms. The van der Waals surface area contributed by atoms with Crippen molar-refractivity contribution in [1.29, 1.82) is 0 Å². The number of ether oxygens (including phenoxy) is 1. The van der Waals surface area contributed by atoms with Crippen molar-refractivity contribution in [1.82, 2.24) is 9.62 Å². The molecule has 0 saturated carbocycles. The van der Waals surface area contributed by atoms with Gasteiger partial charge < -0.3 is 10.1 Å². The zero-order valence-electron chi connectivity index (χ0n) is 15.4. The first-order valence-corrected chi connectivity index (χ1v) is 10.2. The summed E-state index contributed by atoms with van der Waals surface area (Å²) in [5, 5.41) is 2.77. The summed E-state index contributed by atoms with van der Waals surface area (Å²) < 4.78 is 33.1. The van der Waals surface area contributed by atoms with E-state index in [0.29, 0.717) is 37.0 Å². The summed E-state index contributed by atoms with van der Waals surface area (Å²) in [6, 6.07) is 4.55. The van der Waals surface area contributed by atoms with Gasteiger partial charge in [-0.3, -0.25) is 4.79 Å². The molecule has 1 aliphatic rings. The Bertz CT molecular complexity index is 708. The Kier molecular flexibility index (Phi) is 6.46. The van der Waals surface area contributed by atoms with Gasteiger partial charge in [-0.25, -0.2) is 8.42 Å². The number of rotatable bonds is 6. The topological polar surface area (TPSA) is 75.7 Å². The third kappa shape index (κ3) is 4.52. The Hall–Kier alpha value is -1.60. The standard InChI is InChI=1S/C18H28N2O4S/c1-5-8-19-18(21)15-6-7-16(24-4)17(10-15)25(22,23)20-11-13(2)9-14(3)12-20/h6-7,10,13-14H,5,8-9,11-12H2,1-4H3,(H,19,21). The van der Waals surface area contributed by atoms with Crippen LogP contribution < -0.4 is 10.1 Å². The molecule has 1 aromatic rings. The predicted octanol–water partition coefficient (Wildman–Crippen LogP) is 2.50. The highest BCUT2D eigenvalue weighted by atomic mass is 32.2. The van der Waals surface area contributed by atoms with Gasteiger partial charge in [0.25, 0.3) is 5.91 Å². The van der Waals surface area contributed by atoms with Crippen LogP contribution in [0.3, 0.4) is 0 Å². The van der Waals surface area contributed by atoms with Crippen LogP contribution in [0.2, 0.25) is 0 Å². The van der Waals surface area contributed by atoms with Crippen LogP contribution in [-0.4, -0.2) is 45.4 Å². The highest BCUT2D eigenvalue weighted by Crippen LogP contribution is 2.32. The number of nitrogens with one attached hydrogen (secondary N) is 1. The number of amides is 1. The zero-order chi connectivity index (χ0) is 18.6. The van der Waals surface area contributed by atoms with Crippen LogP contribution in [0.4, 0.5) is 0 Å². The second-order valence-corrected chi connectivity index (χ2v) is 8.80. The van der Waals surface area contributed by atoms with Crippen LogP contribution in [-0.2, 0) is 10.0 Å². The van der Waals surface area contributed by atoms with E-state index in [1.54, 1.807) is 12.1 Å². The molecule has 1 aromatic carbocycles. The maximum absolute atomic E-state index is 13.2. The quantitative estimate of drug-likeness (QED) is 0.837. The van der Waals surface area contributed by atoms with Crippen LogP contribution in [0.1, 0.15) is 44.0 Å². The molecule has 1 saturated heterocycles. The van der Waals surface area contributed by atoms with Gasteiger partial charge in [0.1, 0.15) is 10.6 Å². The number of carbonyl (C=O) groups is 1. The fraction of sp³-hybridized carbons (Fsp3) is 0.611. The molecule has 1 heterocycles. The highest BCUT2D eigenvalue weighted by Gasteiger charge is 2.34. The van der Waals surface area contributed by atoms with Gasteiger partial charge in [0.2, 0.25) is 10.0 Å². The van der Waals surface area contributed by atoms with Gasteiger partial charge in [0.05, 0.1) is 7.11 Å². The smallest absolute Gasteiger partial charge is 0.251 e. The van der Waals surface area contributed by atoms with Gasteiger partial charge in [-0.05, 0) is 42.9 Å².